The van der Waals surface area contributed by atoms with Gasteiger partial charge in [0.15, 0.2) is 0 Å². The van der Waals surface area contributed by atoms with E-state index in [1.54, 1.807) is 0 Å². The van der Waals surface area contributed by atoms with E-state index in [-0.39, 0.29) is 13.2 Å². The number of aryl methyl sites for hydroxylation is 1. The summed E-state index contributed by atoms with van der Waals surface area (Å²) in [5, 5.41) is 18.4. The molecule has 0 bridgehead atoms. The quantitative estimate of drug-likeness (QED) is 0.755. The number of rotatable bonds is 6. The van der Waals surface area contributed by atoms with E-state index in [1.165, 1.54) is 11.1 Å². The maximum atomic E-state index is 9.26. The van der Waals surface area contributed by atoms with Crippen LogP contribution in [0.1, 0.15) is 23.1 Å². The Hall–Kier alpha value is -1.68. The second kappa shape index (κ2) is 7.20. The average molecular weight is 271 g/mol. The molecule has 0 saturated heterocycles. The van der Waals surface area contributed by atoms with Gasteiger partial charge in [0, 0.05) is 0 Å². The first-order chi connectivity index (χ1) is 9.78. The van der Waals surface area contributed by atoms with Crippen molar-refractivity contribution in [2.24, 2.45) is 5.73 Å². The zero-order chi connectivity index (χ0) is 14.4. The normalized spacial score (nSPS) is 10.8. The predicted molar refractivity (Wildman–Crippen MR) is 81.1 cm³/mol. The van der Waals surface area contributed by atoms with Gasteiger partial charge >= 0.3 is 0 Å². The molecule has 2 aromatic carbocycles. The van der Waals surface area contributed by atoms with E-state index in [1.807, 2.05) is 42.5 Å². The second-order valence-electron chi connectivity index (χ2n) is 4.90. The summed E-state index contributed by atoms with van der Waals surface area (Å²) in [6.45, 7) is 0.773. The van der Waals surface area contributed by atoms with Crippen LogP contribution in [0.2, 0.25) is 0 Å². The lowest BCUT2D eigenvalue weighted by Crippen LogP contribution is -2.02. The molecule has 3 nitrogen and oxygen atoms in total. The van der Waals surface area contributed by atoms with E-state index < -0.39 is 0 Å². The number of benzene rings is 2. The first-order valence-electron chi connectivity index (χ1n) is 6.91. The van der Waals surface area contributed by atoms with Crippen LogP contribution in [0.3, 0.4) is 0 Å². The van der Waals surface area contributed by atoms with Crippen LogP contribution in [0, 0.1) is 0 Å². The summed E-state index contributed by atoms with van der Waals surface area (Å²) < 4.78 is 0. The van der Waals surface area contributed by atoms with Crippen molar-refractivity contribution >= 4 is 0 Å². The Morgan fingerprint density at radius 2 is 1.50 bits per heavy atom. The Morgan fingerprint density at radius 3 is 2.10 bits per heavy atom. The Labute approximate surface area is 119 Å². The summed E-state index contributed by atoms with van der Waals surface area (Å²) in [6.07, 6.45) is 1.83. The molecule has 0 aliphatic heterocycles. The van der Waals surface area contributed by atoms with Gasteiger partial charge in [-0.25, -0.2) is 0 Å². The highest BCUT2D eigenvalue weighted by molar-refractivity contribution is 5.68. The molecule has 0 aliphatic rings. The molecule has 0 saturated carbocycles. The van der Waals surface area contributed by atoms with Gasteiger partial charge in [-0.3, -0.25) is 0 Å². The molecule has 3 heteroatoms. The predicted octanol–water partition coefficient (Wildman–Crippen LogP) is 2.23. The van der Waals surface area contributed by atoms with E-state index in [4.69, 9.17) is 10.8 Å². The Balaban J connectivity index is 2.37. The van der Waals surface area contributed by atoms with Crippen molar-refractivity contribution in [3.63, 3.8) is 0 Å². The minimum atomic E-state index is 0.0549. The molecule has 0 aromatic heterocycles. The van der Waals surface area contributed by atoms with Crippen molar-refractivity contribution in [2.45, 2.75) is 26.1 Å². The largest absolute Gasteiger partial charge is 0.392 e. The molecule has 0 fully saturated rings. The maximum absolute atomic E-state index is 9.26. The number of hydrogen-bond donors (Lipinski definition) is 3. The van der Waals surface area contributed by atoms with E-state index in [9.17, 15) is 5.11 Å². The average Bonchev–Trinajstić information content (AvgIpc) is 2.52. The zero-order valence-corrected chi connectivity index (χ0v) is 11.5. The van der Waals surface area contributed by atoms with Gasteiger partial charge in [-0.2, -0.15) is 0 Å². The van der Waals surface area contributed by atoms with Crippen LogP contribution in [0.25, 0.3) is 11.1 Å². The SMILES string of the molecule is NCCCc1cc(CO)ccc1-c1ccc(CO)cc1. The minimum absolute atomic E-state index is 0.0549. The number of hydrogen-bond acceptors (Lipinski definition) is 3. The van der Waals surface area contributed by atoms with Gasteiger partial charge in [0.1, 0.15) is 0 Å². The zero-order valence-electron chi connectivity index (χ0n) is 11.5. The Kier molecular flexibility index (Phi) is 5.30. The molecule has 0 amide bonds. The summed E-state index contributed by atoms with van der Waals surface area (Å²) in [5.41, 5.74) is 10.9. The fraction of sp³-hybridized carbons (Fsp3) is 0.294. The lowest BCUT2D eigenvalue weighted by Gasteiger charge is -2.12. The van der Waals surface area contributed by atoms with Gasteiger partial charge in [0.25, 0.3) is 0 Å². The maximum Gasteiger partial charge on any atom is 0.0681 e. The highest BCUT2D eigenvalue weighted by Crippen LogP contribution is 2.26. The Bertz CT molecular complexity index is 549. The van der Waals surface area contributed by atoms with Gasteiger partial charge < -0.3 is 15.9 Å². The summed E-state index contributed by atoms with van der Waals surface area (Å²) in [6, 6.07) is 13.9. The van der Waals surface area contributed by atoms with Crippen LogP contribution in [0.15, 0.2) is 42.5 Å². The molecule has 0 aliphatic carbocycles. The summed E-state index contributed by atoms with van der Waals surface area (Å²) >= 11 is 0. The van der Waals surface area contributed by atoms with E-state index >= 15 is 0 Å². The third-order valence-corrected chi connectivity index (χ3v) is 3.45. The van der Waals surface area contributed by atoms with E-state index in [2.05, 4.69) is 0 Å². The van der Waals surface area contributed by atoms with Crippen molar-refractivity contribution in [3.8, 4) is 11.1 Å². The number of aliphatic hydroxyl groups is 2. The molecule has 0 unspecified atom stereocenters. The molecule has 0 heterocycles. The fourth-order valence-electron chi connectivity index (χ4n) is 2.32. The van der Waals surface area contributed by atoms with Crippen LogP contribution in [-0.4, -0.2) is 16.8 Å². The highest BCUT2D eigenvalue weighted by Gasteiger charge is 2.06. The molecular formula is C17H21NO2. The second-order valence-corrected chi connectivity index (χ2v) is 4.90. The Morgan fingerprint density at radius 1 is 0.850 bits per heavy atom. The highest BCUT2D eigenvalue weighted by atomic mass is 16.3. The molecule has 2 aromatic rings. The van der Waals surface area contributed by atoms with Crippen molar-refractivity contribution < 1.29 is 10.2 Å². The lowest BCUT2D eigenvalue weighted by atomic mass is 9.94. The summed E-state index contributed by atoms with van der Waals surface area (Å²) in [4.78, 5) is 0. The lowest BCUT2D eigenvalue weighted by molar-refractivity contribution is 0.281. The van der Waals surface area contributed by atoms with Crippen LogP contribution >= 0.6 is 0 Å². The van der Waals surface area contributed by atoms with Gasteiger partial charge in [-0.1, -0.05) is 42.5 Å². The van der Waals surface area contributed by atoms with Crippen molar-refractivity contribution in [2.75, 3.05) is 6.54 Å². The molecule has 0 atom stereocenters. The van der Waals surface area contributed by atoms with Crippen molar-refractivity contribution in [1.29, 1.82) is 0 Å². The topological polar surface area (TPSA) is 66.5 Å². The smallest absolute Gasteiger partial charge is 0.0681 e. The van der Waals surface area contributed by atoms with Crippen LogP contribution in [0.4, 0.5) is 0 Å². The van der Waals surface area contributed by atoms with E-state index in [0.717, 1.165) is 29.5 Å². The van der Waals surface area contributed by atoms with E-state index in [0.29, 0.717) is 6.54 Å². The summed E-state index contributed by atoms with van der Waals surface area (Å²) in [7, 11) is 0. The van der Waals surface area contributed by atoms with Crippen molar-refractivity contribution in [1.82, 2.24) is 0 Å². The monoisotopic (exact) mass is 271 g/mol. The molecule has 0 radical (unpaired) electrons. The molecule has 2 rings (SSSR count). The van der Waals surface area contributed by atoms with Gasteiger partial charge in [0.05, 0.1) is 13.2 Å². The van der Waals surface area contributed by atoms with Gasteiger partial charge in [-0.15, -0.1) is 0 Å². The molecule has 20 heavy (non-hydrogen) atoms. The third kappa shape index (κ3) is 3.45. The minimum Gasteiger partial charge on any atom is -0.392 e. The standard InChI is InChI=1S/C17H21NO2/c18-9-1-2-16-10-14(12-20)5-8-17(16)15-6-3-13(11-19)4-7-15/h3-8,10,19-20H,1-2,9,11-12,18H2. The molecular weight excluding hydrogens is 250 g/mol. The van der Waals surface area contributed by atoms with Gasteiger partial charge in [-0.05, 0) is 47.2 Å². The first kappa shape index (κ1) is 14.7. The van der Waals surface area contributed by atoms with Crippen LogP contribution in [0.5, 0.6) is 0 Å². The third-order valence-electron chi connectivity index (χ3n) is 3.45. The van der Waals surface area contributed by atoms with Gasteiger partial charge in [0.2, 0.25) is 0 Å². The van der Waals surface area contributed by atoms with Crippen molar-refractivity contribution in [3.05, 3.63) is 59.2 Å². The van der Waals surface area contributed by atoms with Crippen LogP contribution < -0.4 is 5.73 Å². The summed E-state index contributed by atoms with van der Waals surface area (Å²) in [5.74, 6) is 0. The molecule has 106 valence electrons. The van der Waals surface area contributed by atoms with Crippen LogP contribution in [-0.2, 0) is 19.6 Å². The molecule has 4 N–H and O–H groups in total. The number of nitrogens with two attached hydrogens (primary N) is 1. The number of aliphatic hydroxyl groups excluding tert-OH is 2. The molecule has 0 spiro atoms. The fourth-order valence-corrected chi connectivity index (χ4v) is 2.32. The first-order valence-corrected chi connectivity index (χ1v) is 6.91.